The summed E-state index contributed by atoms with van der Waals surface area (Å²) in [5.41, 5.74) is 2.79. The number of carbonyl (C=O) groups is 1. The predicted octanol–water partition coefficient (Wildman–Crippen LogP) is 5.15. The summed E-state index contributed by atoms with van der Waals surface area (Å²) in [5.74, 6) is 0.737. The zero-order valence-electron chi connectivity index (χ0n) is 13.7. The quantitative estimate of drug-likeness (QED) is 0.589. The fraction of sp³-hybridized carbons (Fsp3) is 0.158. The van der Waals surface area contributed by atoms with Gasteiger partial charge in [0.15, 0.2) is 0 Å². The first kappa shape index (κ1) is 18.9. The van der Waals surface area contributed by atoms with E-state index in [0.29, 0.717) is 23.1 Å². The number of thioether (sulfide) groups is 1. The van der Waals surface area contributed by atoms with E-state index in [0.717, 1.165) is 21.8 Å². The Balaban J connectivity index is 1.43. The van der Waals surface area contributed by atoms with Crippen LogP contribution in [0.25, 0.3) is 10.6 Å². The van der Waals surface area contributed by atoms with Gasteiger partial charge in [0.2, 0.25) is 5.91 Å². The molecule has 0 bridgehead atoms. The first-order valence-corrected chi connectivity index (χ1v) is 10.3. The lowest BCUT2D eigenvalue weighted by molar-refractivity contribution is -0.118. The molecule has 0 aliphatic heterocycles. The van der Waals surface area contributed by atoms with Crippen molar-refractivity contribution in [3.8, 4) is 10.6 Å². The van der Waals surface area contributed by atoms with Crippen molar-refractivity contribution in [2.75, 3.05) is 5.75 Å². The Labute approximate surface area is 164 Å². The van der Waals surface area contributed by atoms with Crippen molar-refractivity contribution >= 4 is 40.6 Å². The van der Waals surface area contributed by atoms with Crippen molar-refractivity contribution in [3.05, 3.63) is 76.0 Å². The summed E-state index contributed by atoms with van der Waals surface area (Å²) in [6.07, 6.45) is 0. The number of halogens is 2. The van der Waals surface area contributed by atoms with Crippen LogP contribution in [0, 0.1) is 5.82 Å². The van der Waals surface area contributed by atoms with Gasteiger partial charge in [-0.15, -0.1) is 23.1 Å². The monoisotopic (exact) mass is 406 g/mol. The number of aromatic nitrogens is 1. The van der Waals surface area contributed by atoms with E-state index in [4.69, 9.17) is 11.6 Å². The minimum atomic E-state index is -0.259. The largest absolute Gasteiger partial charge is 0.351 e. The maximum Gasteiger partial charge on any atom is 0.230 e. The van der Waals surface area contributed by atoms with E-state index in [1.54, 1.807) is 18.2 Å². The fourth-order valence-corrected chi connectivity index (χ4v) is 4.14. The third-order valence-electron chi connectivity index (χ3n) is 3.50. The van der Waals surface area contributed by atoms with Crippen LogP contribution < -0.4 is 5.32 Å². The van der Waals surface area contributed by atoms with E-state index in [2.05, 4.69) is 10.3 Å². The molecule has 1 N–H and O–H groups in total. The van der Waals surface area contributed by atoms with Crippen LogP contribution in [0.15, 0.2) is 53.9 Å². The Morgan fingerprint density at radius 3 is 2.81 bits per heavy atom. The molecule has 134 valence electrons. The molecule has 0 atom stereocenters. The molecule has 0 spiro atoms. The molecule has 1 amide bonds. The number of hydrogen-bond acceptors (Lipinski definition) is 4. The second kappa shape index (κ2) is 9.16. The molecule has 1 heterocycles. The molecule has 0 aliphatic carbocycles. The van der Waals surface area contributed by atoms with E-state index in [1.807, 2.05) is 23.6 Å². The lowest BCUT2D eigenvalue weighted by Crippen LogP contribution is -2.24. The van der Waals surface area contributed by atoms with Crippen LogP contribution in [0.4, 0.5) is 4.39 Å². The summed E-state index contributed by atoms with van der Waals surface area (Å²) in [6.45, 7) is 0.464. The predicted molar refractivity (Wildman–Crippen MR) is 107 cm³/mol. The summed E-state index contributed by atoms with van der Waals surface area (Å²) >= 11 is 8.95. The number of rotatable bonds is 7. The van der Waals surface area contributed by atoms with Crippen molar-refractivity contribution in [2.45, 2.75) is 12.3 Å². The number of nitrogens with one attached hydrogen (secondary N) is 1. The molecular weight excluding hydrogens is 391 g/mol. The van der Waals surface area contributed by atoms with E-state index >= 15 is 0 Å². The van der Waals surface area contributed by atoms with Crippen LogP contribution >= 0.6 is 34.7 Å². The molecule has 0 saturated carbocycles. The number of carbonyl (C=O) groups excluding carboxylic acids is 1. The molecule has 1 aromatic heterocycles. The van der Waals surface area contributed by atoms with Gasteiger partial charge in [-0.3, -0.25) is 4.79 Å². The summed E-state index contributed by atoms with van der Waals surface area (Å²) in [5, 5.41) is 6.36. The van der Waals surface area contributed by atoms with E-state index in [-0.39, 0.29) is 11.7 Å². The van der Waals surface area contributed by atoms with Gasteiger partial charge in [0.1, 0.15) is 10.8 Å². The van der Waals surface area contributed by atoms with Crippen LogP contribution in [0.2, 0.25) is 5.02 Å². The number of nitrogens with zero attached hydrogens (tertiary/aromatic N) is 1. The number of thiazole rings is 1. The van der Waals surface area contributed by atoms with Gasteiger partial charge in [-0.2, -0.15) is 0 Å². The average molecular weight is 407 g/mol. The Morgan fingerprint density at radius 1 is 1.23 bits per heavy atom. The van der Waals surface area contributed by atoms with Crippen LogP contribution in [0.3, 0.4) is 0 Å². The molecule has 7 heteroatoms. The number of benzene rings is 2. The highest BCUT2D eigenvalue weighted by Crippen LogP contribution is 2.25. The van der Waals surface area contributed by atoms with Gasteiger partial charge in [-0.1, -0.05) is 23.7 Å². The highest BCUT2D eigenvalue weighted by Gasteiger charge is 2.07. The van der Waals surface area contributed by atoms with Crippen molar-refractivity contribution in [1.82, 2.24) is 10.3 Å². The highest BCUT2D eigenvalue weighted by atomic mass is 35.5. The number of amides is 1. The second-order valence-electron chi connectivity index (χ2n) is 5.55. The smallest absolute Gasteiger partial charge is 0.230 e. The first-order valence-electron chi connectivity index (χ1n) is 7.89. The van der Waals surface area contributed by atoms with Gasteiger partial charge in [0.05, 0.1) is 11.4 Å². The van der Waals surface area contributed by atoms with Crippen molar-refractivity contribution < 1.29 is 9.18 Å². The second-order valence-corrected chi connectivity index (χ2v) is 7.83. The molecule has 2 aromatic carbocycles. The SMILES string of the molecule is O=C(CSCc1csc(-c2ccc(F)cc2)n1)NCc1cccc(Cl)c1. The molecular formula is C19H16ClFN2OS2. The Hall–Kier alpha value is -1.89. The summed E-state index contributed by atoms with van der Waals surface area (Å²) < 4.78 is 13.0. The standard InChI is InChI=1S/C19H16ClFN2OS2/c20-15-3-1-2-13(8-15)9-22-18(24)12-25-10-17-11-26-19(23-17)14-4-6-16(21)7-5-14/h1-8,11H,9-10,12H2,(H,22,24). The first-order chi connectivity index (χ1) is 12.6. The molecule has 3 nitrogen and oxygen atoms in total. The molecule has 26 heavy (non-hydrogen) atoms. The molecule has 0 unspecified atom stereocenters. The molecule has 0 fully saturated rings. The number of hydrogen-bond donors (Lipinski definition) is 1. The Bertz CT molecular complexity index is 883. The van der Waals surface area contributed by atoms with Crippen LogP contribution in [0.5, 0.6) is 0 Å². The van der Waals surface area contributed by atoms with Crippen LogP contribution in [-0.2, 0) is 17.1 Å². The Morgan fingerprint density at radius 2 is 2.04 bits per heavy atom. The van der Waals surface area contributed by atoms with Gasteiger partial charge in [-0.05, 0) is 42.0 Å². The third-order valence-corrected chi connectivity index (χ3v) is 5.65. The van der Waals surface area contributed by atoms with Crippen LogP contribution in [0.1, 0.15) is 11.3 Å². The molecule has 0 aliphatic rings. The average Bonchev–Trinajstić information content (AvgIpc) is 3.09. The molecule has 3 rings (SSSR count). The van der Waals surface area contributed by atoms with Crippen molar-refractivity contribution in [1.29, 1.82) is 0 Å². The summed E-state index contributed by atoms with van der Waals surface area (Å²) in [4.78, 5) is 16.5. The van der Waals surface area contributed by atoms with Crippen molar-refractivity contribution in [3.63, 3.8) is 0 Å². The summed E-state index contributed by atoms with van der Waals surface area (Å²) in [6, 6.07) is 13.7. The lowest BCUT2D eigenvalue weighted by atomic mass is 10.2. The van der Waals surface area contributed by atoms with E-state index in [9.17, 15) is 9.18 Å². The third kappa shape index (κ3) is 5.56. The van der Waals surface area contributed by atoms with Crippen LogP contribution in [-0.4, -0.2) is 16.6 Å². The molecule has 0 radical (unpaired) electrons. The lowest BCUT2D eigenvalue weighted by Gasteiger charge is -2.05. The zero-order valence-corrected chi connectivity index (χ0v) is 16.1. The highest BCUT2D eigenvalue weighted by molar-refractivity contribution is 7.99. The summed E-state index contributed by atoms with van der Waals surface area (Å²) in [7, 11) is 0. The maximum absolute atomic E-state index is 13.0. The van der Waals surface area contributed by atoms with Gasteiger partial charge in [0, 0.05) is 28.3 Å². The van der Waals surface area contributed by atoms with E-state index < -0.39 is 0 Å². The van der Waals surface area contributed by atoms with Gasteiger partial charge in [-0.25, -0.2) is 9.37 Å². The normalized spacial score (nSPS) is 10.7. The zero-order chi connectivity index (χ0) is 18.4. The fourth-order valence-electron chi connectivity index (χ4n) is 2.25. The minimum absolute atomic E-state index is 0.0241. The Kier molecular flexibility index (Phi) is 6.66. The molecule has 0 saturated heterocycles. The molecule has 3 aromatic rings. The van der Waals surface area contributed by atoms with E-state index in [1.165, 1.54) is 35.2 Å². The topological polar surface area (TPSA) is 42.0 Å². The maximum atomic E-state index is 13.0. The van der Waals surface area contributed by atoms with Gasteiger partial charge >= 0.3 is 0 Å². The van der Waals surface area contributed by atoms with Gasteiger partial charge in [0.25, 0.3) is 0 Å². The minimum Gasteiger partial charge on any atom is -0.351 e. The van der Waals surface area contributed by atoms with Gasteiger partial charge < -0.3 is 5.32 Å². The van der Waals surface area contributed by atoms with Crippen molar-refractivity contribution in [2.24, 2.45) is 0 Å².